The number of nitrogens with zero attached hydrogens (tertiary/aromatic N) is 1. The second kappa shape index (κ2) is 8.50. The molecule has 2 atom stereocenters. The predicted octanol–water partition coefficient (Wildman–Crippen LogP) is 6.23. The third-order valence-corrected chi connectivity index (χ3v) is 6.14. The monoisotopic (exact) mass is 420 g/mol. The number of hydrazine groups is 2. The molecule has 0 amide bonds. The molecule has 0 saturated carbocycles. The summed E-state index contributed by atoms with van der Waals surface area (Å²) in [4.78, 5) is 0. The van der Waals surface area contributed by atoms with Crippen molar-refractivity contribution in [3.05, 3.63) is 120 Å². The minimum absolute atomic E-state index is 0.138. The van der Waals surface area contributed by atoms with Gasteiger partial charge in [0.05, 0.1) is 5.69 Å². The Hall–Kier alpha value is -3.60. The van der Waals surface area contributed by atoms with Gasteiger partial charge in [-0.2, -0.15) is 0 Å². The molecule has 1 aliphatic rings. The lowest BCUT2D eigenvalue weighted by molar-refractivity contribution is 0.644. The Labute approximate surface area is 189 Å². The van der Waals surface area contributed by atoms with E-state index in [1.165, 1.54) is 27.9 Å². The van der Waals surface area contributed by atoms with E-state index in [1.807, 2.05) is 30.3 Å². The largest absolute Gasteiger partial charge is 0.321 e. The van der Waals surface area contributed by atoms with E-state index in [4.69, 9.17) is 0 Å². The Morgan fingerprint density at radius 3 is 1.91 bits per heavy atom. The van der Waals surface area contributed by atoms with Gasteiger partial charge in [-0.25, -0.2) is 10.9 Å². The summed E-state index contributed by atoms with van der Waals surface area (Å²) in [5, 5.41) is 2.21. The first-order valence-corrected chi connectivity index (χ1v) is 11.0. The van der Waals surface area contributed by atoms with Crippen molar-refractivity contribution in [1.82, 2.24) is 10.9 Å². The number of anilines is 2. The Bertz CT molecular complexity index is 1160. The van der Waals surface area contributed by atoms with Crippen molar-refractivity contribution in [2.24, 2.45) is 0 Å². The molecule has 1 heterocycles. The quantitative estimate of drug-likeness (QED) is 0.245. The molecule has 1 fully saturated rings. The summed E-state index contributed by atoms with van der Waals surface area (Å²) < 4.78 is 0. The summed E-state index contributed by atoms with van der Waals surface area (Å²) in [7, 11) is 0. The summed E-state index contributed by atoms with van der Waals surface area (Å²) in [5.74, 6) is 0. The van der Waals surface area contributed by atoms with Crippen molar-refractivity contribution in [1.29, 1.82) is 0 Å². The lowest BCUT2D eigenvalue weighted by atomic mass is 10.0. The smallest absolute Gasteiger partial charge is 0.145 e. The average Bonchev–Trinajstić information content (AvgIpc) is 3.57. The molecule has 4 aromatic carbocycles. The van der Waals surface area contributed by atoms with Crippen molar-refractivity contribution < 1.29 is 0 Å². The summed E-state index contributed by atoms with van der Waals surface area (Å²) in [6.45, 7) is 4.36. The highest BCUT2D eigenvalue weighted by atomic mass is 15.8. The summed E-state index contributed by atoms with van der Waals surface area (Å²) >= 11 is 0. The van der Waals surface area contributed by atoms with Crippen LogP contribution in [-0.4, -0.2) is 0 Å². The van der Waals surface area contributed by atoms with Crippen LogP contribution in [0.2, 0.25) is 0 Å². The molecule has 4 aromatic rings. The molecule has 0 bridgehead atoms. The topological polar surface area (TPSA) is 49.0 Å². The molecule has 3 N–H and O–H groups in total. The maximum absolute atomic E-state index is 3.50. The van der Waals surface area contributed by atoms with Crippen LogP contribution < -0.4 is 21.3 Å². The van der Waals surface area contributed by atoms with Gasteiger partial charge >= 0.3 is 0 Å². The minimum Gasteiger partial charge on any atom is -0.321 e. The van der Waals surface area contributed by atoms with Crippen LogP contribution in [0, 0.1) is 0 Å². The zero-order valence-electron chi connectivity index (χ0n) is 18.4. The van der Waals surface area contributed by atoms with Crippen molar-refractivity contribution in [2.75, 3.05) is 10.4 Å². The molecule has 0 aromatic heterocycles. The molecule has 0 radical (unpaired) electrons. The molecule has 160 valence electrons. The van der Waals surface area contributed by atoms with E-state index in [0.717, 1.165) is 5.69 Å². The fourth-order valence-electron chi connectivity index (χ4n) is 4.04. The summed E-state index contributed by atoms with van der Waals surface area (Å²) in [6, 6.07) is 38.4. The van der Waals surface area contributed by atoms with Crippen LogP contribution in [0.3, 0.4) is 0 Å². The molecule has 5 rings (SSSR count). The SMILES string of the molecule is CC(NNc1ccccc1)c1ccc(-c2ccc(N3NC3(C)c3ccccc3)cc2)cc1. The third kappa shape index (κ3) is 4.11. The standard InChI is InChI=1S/C28H28N4/c1-21(29-30-26-11-7-4-8-12-26)22-13-15-23(16-14-22)24-17-19-27(20-18-24)32-28(2,31-32)25-9-5-3-6-10-25/h3-21,29-31H,1-2H3. The first-order chi connectivity index (χ1) is 15.6. The Morgan fingerprint density at radius 2 is 1.28 bits per heavy atom. The van der Waals surface area contributed by atoms with Gasteiger partial charge in [0, 0.05) is 11.7 Å². The van der Waals surface area contributed by atoms with Crippen LogP contribution in [0.4, 0.5) is 11.4 Å². The van der Waals surface area contributed by atoms with E-state index in [2.05, 4.69) is 114 Å². The van der Waals surface area contributed by atoms with Gasteiger partial charge in [0.1, 0.15) is 5.66 Å². The minimum atomic E-state index is -0.138. The Balaban J connectivity index is 1.23. The van der Waals surface area contributed by atoms with Gasteiger partial charge in [0.15, 0.2) is 0 Å². The second-order valence-corrected chi connectivity index (χ2v) is 8.41. The van der Waals surface area contributed by atoms with Gasteiger partial charge in [-0.3, -0.25) is 5.01 Å². The summed E-state index contributed by atoms with van der Waals surface area (Å²) in [5.41, 5.74) is 17.2. The number of hydrogen-bond acceptors (Lipinski definition) is 4. The second-order valence-electron chi connectivity index (χ2n) is 8.41. The molecule has 1 aliphatic heterocycles. The van der Waals surface area contributed by atoms with E-state index < -0.39 is 0 Å². The van der Waals surface area contributed by atoms with E-state index in [0.29, 0.717) is 0 Å². The van der Waals surface area contributed by atoms with Crippen LogP contribution in [-0.2, 0) is 5.66 Å². The van der Waals surface area contributed by atoms with Crippen LogP contribution in [0.5, 0.6) is 0 Å². The number of benzene rings is 4. The first kappa shape index (κ1) is 20.3. The lowest BCUT2D eigenvalue weighted by Gasteiger charge is -2.16. The molecular formula is C28H28N4. The molecule has 0 spiro atoms. The van der Waals surface area contributed by atoms with Crippen LogP contribution in [0.1, 0.15) is 31.0 Å². The first-order valence-electron chi connectivity index (χ1n) is 11.0. The van der Waals surface area contributed by atoms with E-state index in [-0.39, 0.29) is 11.7 Å². The van der Waals surface area contributed by atoms with Crippen LogP contribution in [0.25, 0.3) is 11.1 Å². The van der Waals surface area contributed by atoms with Crippen molar-refractivity contribution in [3.63, 3.8) is 0 Å². The molecule has 32 heavy (non-hydrogen) atoms. The highest BCUT2D eigenvalue weighted by Gasteiger charge is 2.48. The lowest BCUT2D eigenvalue weighted by Crippen LogP contribution is -2.25. The van der Waals surface area contributed by atoms with Gasteiger partial charge in [-0.1, -0.05) is 84.9 Å². The van der Waals surface area contributed by atoms with Gasteiger partial charge in [0.25, 0.3) is 0 Å². The van der Waals surface area contributed by atoms with Gasteiger partial charge in [-0.15, -0.1) is 0 Å². The van der Waals surface area contributed by atoms with E-state index in [9.17, 15) is 0 Å². The Kier molecular flexibility index (Phi) is 5.39. The zero-order valence-corrected chi connectivity index (χ0v) is 18.4. The van der Waals surface area contributed by atoms with Gasteiger partial charge < -0.3 is 5.43 Å². The number of nitrogens with one attached hydrogen (secondary N) is 3. The average molecular weight is 421 g/mol. The molecule has 0 aliphatic carbocycles. The maximum Gasteiger partial charge on any atom is 0.145 e. The van der Waals surface area contributed by atoms with E-state index >= 15 is 0 Å². The highest BCUT2D eigenvalue weighted by molar-refractivity contribution is 5.68. The molecular weight excluding hydrogens is 392 g/mol. The van der Waals surface area contributed by atoms with Crippen LogP contribution >= 0.6 is 0 Å². The normalized spacial score (nSPS) is 18.2. The fourth-order valence-corrected chi connectivity index (χ4v) is 4.04. The zero-order chi connectivity index (χ0) is 22.0. The predicted molar refractivity (Wildman–Crippen MR) is 133 cm³/mol. The number of para-hydroxylation sites is 1. The molecule has 1 saturated heterocycles. The van der Waals surface area contributed by atoms with Crippen molar-refractivity contribution >= 4 is 11.4 Å². The molecule has 2 unspecified atom stereocenters. The highest BCUT2D eigenvalue weighted by Crippen LogP contribution is 2.40. The molecule has 4 nitrogen and oxygen atoms in total. The van der Waals surface area contributed by atoms with E-state index in [1.54, 1.807) is 0 Å². The number of hydrogen-bond donors (Lipinski definition) is 3. The van der Waals surface area contributed by atoms with Gasteiger partial charge in [0.2, 0.25) is 0 Å². The Morgan fingerprint density at radius 1 is 0.719 bits per heavy atom. The van der Waals surface area contributed by atoms with Crippen LogP contribution in [0.15, 0.2) is 109 Å². The van der Waals surface area contributed by atoms with Crippen molar-refractivity contribution in [2.45, 2.75) is 25.6 Å². The maximum atomic E-state index is 3.50. The van der Waals surface area contributed by atoms with Gasteiger partial charge in [-0.05, 0) is 60.4 Å². The number of rotatable bonds is 7. The molecule has 4 heteroatoms. The summed E-state index contributed by atoms with van der Waals surface area (Å²) in [6.07, 6.45) is 0. The van der Waals surface area contributed by atoms with Crippen molar-refractivity contribution in [3.8, 4) is 11.1 Å². The fraction of sp³-hybridized carbons (Fsp3) is 0.143. The third-order valence-electron chi connectivity index (χ3n) is 6.14.